The fourth-order valence-corrected chi connectivity index (χ4v) is 4.35. The Morgan fingerprint density at radius 1 is 1.21 bits per heavy atom. The molecule has 24 heavy (non-hydrogen) atoms. The van der Waals surface area contributed by atoms with E-state index in [0.29, 0.717) is 22.3 Å². The Morgan fingerprint density at radius 3 is 2.75 bits per heavy atom. The number of thioether (sulfide) groups is 1. The van der Waals surface area contributed by atoms with Crippen LogP contribution in [-0.4, -0.2) is 23.2 Å². The monoisotopic (exact) mass is 404 g/mol. The van der Waals surface area contributed by atoms with Gasteiger partial charge in [-0.1, -0.05) is 46.9 Å². The summed E-state index contributed by atoms with van der Waals surface area (Å²) in [7, 11) is 0. The highest BCUT2D eigenvalue weighted by molar-refractivity contribution is 7.99. The van der Waals surface area contributed by atoms with E-state index >= 15 is 0 Å². The molecule has 126 valence electrons. The number of halogens is 4. The predicted octanol–water partition coefficient (Wildman–Crippen LogP) is 6.07. The number of hydrogen-bond donors (Lipinski definition) is 1. The Bertz CT molecular complexity index is 790. The molecular weight excluding hydrogens is 394 g/mol. The molecule has 1 aliphatic heterocycles. The number of amides is 2. The van der Waals surface area contributed by atoms with Crippen molar-refractivity contribution in [1.82, 2.24) is 4.90 Å². The van der Waals surface area contributed by atoms with Crippen LogP contribution >= 0.6 is 46.6 Å². The first-order valence-electron chi connectivity index (χ1n) is 7.05. The van der Waals surface area contributed by atoms with Gasteiger partial charge < -0.3 is 10.2 Å². The van der Waals surface area contributed by atoms with Gasteiger partial charge in [0.05, 0.1) is 15.1 Å². The summed E-state index contributed by atoms with van der Waals surface area (Å²) in [5.74, 6) is 0.250. The summed E-state index contributed by atoms with van der Waals surface area (Å²) < 4.78 is 13.2. The lowest BCUT2D eigenvalue weighted by Crippen LogP contribution is -2.34. The average Bonchev–Trinajstić information content (AvgIpc) is 3.03. The molecule has 2 aromatic carbocycles. The smallest absolute Gasteiger partial charge is 0.308 e. The number of urea groups is 1. The van der Waals surface area contributed by atoms with Gasteiger partial charge in [-0.3, -0.25) is 0 Å². The summed E-state index contributed by atoms with van der Waals surface area (Å²) in [5.41, 5.74) is 1.22. The normalized spacial score (nSPS) is 17.2. The fraction of sp³-hybridized carbons (Fsp3) is 0.188. The quantitative estimate of drug-likeness (QED) is 0.658. The summed E-state index contributed by atoms with van der Waals surface area (Å²) >= 11 is 19.7. The molecule has 8 heteroatoms. The zero-order valence-corrected chi connectivity index (χ0v) is 15.3. The third-order valence-corrected chi connectivity index (χ3v) is 5.94. The molecule has 0 radical (unpaired) electrons. The van der Waals surface area contributed by atoms with Crippen LogP contribution in [0.5, 0.6) is 0 Å². The van der Waals surface area contributed by atoms with E-state index in [0.717, 1.165) is 11.3 Å². The highest BCUT2D eigenvalue weighted by Crippen LogP contribution is 2.42. The summed E-state index contributed by atoms with van der Waals surface area (Å²) in [6, 6.07) is 9.11. The van der Waals surface area contributed by atoms with Gasteiger partial charge in [-0.2, -0.15) is 0 Å². The van der Waals surface area contributed by atoms with Crippen molar-refractivity contribution in [2.24, 2.45) is 0 Å². The lowest BCUT2D eigenvalue weighted by atomic mass is 10.2. The van der Waals surface area contributed by atoms with Crippen LogP contribution in [0.4, 0.5) is 14.9 Å². The summed E-state index contributed by atoms with van der Waals surface area (Å²) in [6.07, 6.45) is 0. The number of anilines is 1. The number of nitrogens with zero attached hydrogens (tertiary/aromatic N) is 1. The van der Waals surface area contributed by atoms with Crippen molar-refractivity contribution in [1.29, 1.82) is 0 Å². The summed E-state index contributed by atoms with van der Waals surface area (Å²) in [6.45, 7) is 0.568. The van der Waals surface area contributed by atoms with E-state index < -0.39 is 5.82 Å². The van der Waals surface area contributed by atoms with E-state index in [1.54, 1.807) is 28.8 Å². The van der Waals surface area contributed by atoms with Gasteiger partial charge in [0.1, 0.15) is 11.2 Å². The third-order valence-electron chi connectivity index (χ3n) is 3.57. The zero-order valence-electron chi connectivity index (χ0n) is 12.2. The van der Waals surface area contributed by atoms with Crippen molar-refractivity contribution >= 4 is 58.3 Å². The minimum Gasteiger partial charge on any atom is -0.308 e. The van der Waals surface area contributed by atoms with Crippen LogP contribution in [-0.2, 0) is 0 Å². The zero-order chi connectivity index (χ0) is 17.3. The number of carbonyl (C=O) groups is 1. The maximum atomic E-state index is 13.2. The Labute approximate surface area is 158 Å². The SMILES string of the molecule is O=C(Nc1ccc(F)c(Cl)c1)N1CCS[C@@H]1c1cccc(Cl)c1Cl. The number of rotatable bonds is 2. The second-order valence-electron chi connectivity index (χ2n) is 5.12. The van der Waals surface area contributed by atoms with E-state index in [4.69, 9.17) is 34.8 Å². The van der Waals surface area contributed by atoms with Crippen molar-refractivity contribution in [3.8, 4) is 0 Å². The molecular formula is C16H12Cl3FN2OS. The van der Waals surface area contributed by atoms with E-state index in [1.807, 2.05) is 6.07 Å². The largest absolute Gasteiger partial charge is 0.323 e. The Hall–Kier alpha value is -1.14. The van der Waals surface area contributed by atoms with Crippen LogP contribution in [0.15, 0.2) is 36.4 Å². The molecule has 1 heterocycles. The van der Waals surface area contributed by atoms with Gasteiger partial charge in [-0.25, -0.2) is 9.18 Å². The molecule has 1 fully saturated rings. The van der Waals surface area contributed by atoms with Crippen LogP contribution in [0.2, 0.25) is 15.1 Å². The first-order chi connectivity index (χ1) is 11.5. The van der Waals surface area contributed by atoms with Gasteiger partial charge in [-0.15, -0.1) is 11.8 Å². The van der Waals surface area contributed by atoms with Crippen molar-refractivity contribution < 1.29 is 9.18 Å². The van der Waals surface area contributed by atoms with Gasteiger partial charge in [0.25, 0.3) is 0 Å². The summed E-state index contributed by atoms with van der Waals surface area (Å²) in [4.78, 5) is 14.2. The molecule has 0 spiro atoms. The molecule has 2 aromatic rings. The molecule has 3 nitrogen and oxygen atoms in total. The minimum absolute atomic E-state index is 0.0435. The first-order valence-corrected chi connectivity index (χ1v) is 9.24. The van der Waals surface area contributed by atoms with E-state index in [2.05, 4.69) is 5.32 Å². The number of nitrogens with one attached hydrogen (secondary N) is 1. The van der Waals surface area contributed by atoms with Gasteiger partial charge >= 0.3 is 6.03 Å². The van der Waals surface area contributed by atoms with E-state index in [1.165, 1.54) is 18.2 Å². The van der Waals surface area contributed by atoms with Crippen molar-refractivity contribution in [2.75, 3.05) is 17.6 Å². The Morgan fingerprint density at radius 2 is 2.00 bits per heavy atom. The van der Waals surface area contributed by atoms with Gasteiger partial charge in [-0.05, 0) is 24.3 Å². The number of benzene rings is 2. The maximum Gasteiger partial charge on any atom is 0.323 e. The standard InChI is InChI=1S/C16H12Cl3FN2OS/c17-11-3-1-2-10(14(11)19)15-22(6-7-24-15)16(23)21-9-4-5-13(20)12(18)8-9/h1-5,8,15H,6-7H2,(H,21,23)/t15-/m1/s1. The van der Waals surface area contributed by atoms with Crippen molar-refractivity contribution in [3.05, 3.63) is 62.8 Å². The van der Waals surface area contributed by atoms with Crippen molar-refractivity contribution in [3.63, 3.8) is 0 Å². The molecule has 2 amide bonds. The fourth-order valence-electron chi connectivity index (χ4n) is 2.42. The average molecular weight is 406 g/mol. The molecule has 1 N–H and O–H groups in total. The topological polar surface area (TPSA) is 32.3 Å². The molecule has 1 aliphatic rings. The molecule has 1 saturated heterocycles. The van der Waals surface area contributed by atoms with Crippen LogP contribution in [0.1, 0.15) is 10.9 Å². The van der Waals surface area contributed by atoms with Gasteiger partial charge in [0.15, 0.2) is 0 Å². The van der Waals surface area contributed by atoms with Gasteiger partial charge in [0, 0.05) is 23.5 Å². The molecule has 0 unspecified atom stereocenters. The Kier molecular flexibility index (Phi) is 5.45. The van der Waals surface area contributed by atoms with E-state index in [-0.39, 0.29) is 16.4 Å². The highest BCUT2D eigenvalue weighted by Gasteiger charge is 2.32. The molecule has 0 bridgehead atoms. The van der Waals surface area contributed by atoms with Crippen LogP contribution < -0.4 is 5.32 Å². The van der Waals surface area contributed by atoms with Crippen molar-refractivity contribution in [2.45, 2.75) is 5.37 Å². The number of hydrogen-bond acceptors (Lipinski definition) is 2. The van der Waals surface area contributed by atoms with Crippen LogP contribution in [0, 0.1) is 5.82 Å². The third kappa shape index (κ3) is 3.59. The van der Waals surface area contributed by atoms with Crippen LogP contribution in [0.25, 0.3) is 0 Å². The number of carbonyl (C=O) groups excluding carboxylic acids is 1. The maximum absolute atomic E-state index is 13.2. The van der Waals surface area contributed by atoms with Crippen LogP contribution in [0.3, 0.4) is 0 Å². The van der Waals surface area contributed by atoms with Gasteiger partial charge in [0.2, 0.25) is 0 Å². The molecule has 3 rings (SSSR count). The predicted molar refractivity (Wildman–Crippen MR) is 98.8 cm³/mol. The summed E-state index contributed by atoms with van der Waals surface area (Å²) in [5, 5.41) is 3.36. The molecule has 0 saturated carbocycles. The van der Waals surface area contributed by atoms with E-state index in [9.17, 15) is 9.18 Å². The first kappa shape index (κ1) is 17.7. The lowest BCUT2D eigenvalue weighted by molar-refractivity contribution is 0.214. The lowest BCUT2D eigenvalue weighted by Gasteiger charge is -2.25. The highest BCUT2D eigenvalue weighted by atomic mass is 35.5. The minimum atomic E-state index is -0.532. The Balaban J connectivity index is 1.81. The molecule has 0 aliphatic carbocycles. The molecule has 0 aromatic heterocycles. The second-order valence-corrected chi connectivity index (χ2v) is 7.50. The molecule has 1 atom stereocenters. The second kappa shape index (κ2) is 7.40.